The Hall–Kier alpha value is -1.94. The second-order valence-electron chi connectivity index (χ2n) is 5.47. The van der Waals surface area contributed by atoms with Gasteiger partial charge in [0, 0.05) is 6.08 Å². The fraction of sp³-hybridized carbons (Fsp3) is 0.400. The summed E-state index contributed by atoms with van der Waals surface area (Å²) in [6, 6.07) is 3.46. The number of ether oxygens (including phenoxy) is 1. The molecule has 0 aliphatic carbocycles. The first-order valence-electron chi connectivity index (χ1n) is 7.13. The van der Waals surface area contributed by atoms with Gasteiger partial charge in [-0.25, -0.2) is 5.84 Å². The molecule has 9 heteroatoms. The summed E-state index contributed by atoms with van der Waals surface area (Å²) in [4.78, 5) is 4.03. The molecule has 1 unspecified atom stereocenters. The first-order valence-corrected chi connectivity index (χ1v) is 8.57. The number of aliphatic imine (C=N–C) groups is 1. The molecule has 0 spiro atoms. The van der Waals surface area contributed by atoms with Crippen LogP contribution in [0.3, 0.4) is 0 Å². The number of rotatable bonds is 2. The molecule has 0 bridgehead atoms. The molecule has 0 amide bonds. The third-order valence-corrected chi connectivity index (χ3v) is 4.51. The minimum absolute atomic E-state index is 0.0260. The second kappa shape index (κ2) is 7.75. The lowest BCUT2D eigenvalue weighted by Gasteiger charge is -2.26. The molecule has 1 aliphatic rings. The molecular weight excluding hydrogens is 332 g/mol. The minimum Gasteiger partial charge on any atom is -0.481 e. The SMILES string of the molecule is COC1=CC(N)N(N)C(C)=N1.Cc1cc(C)c(S(=O)(=O)O)c(C)c1. The zero-order chi connectivity index (χ0) is 18.7. The largest absolute Gasteiger partial charge is 0.481 e. The molecule has 5 N–H and O–H groups in total. The molecule has 0 saturated carbocycles. The number of hydrazine groups is 1. The van der Waals surface area contributed by atoms with Gasteiger partial charge in [0.05, 0.1) is 12.0 Å². The van der Waals surface area contributed by atoms with Crippen molar-refractivity contribution < 1.29 is 17.7 Å². The molecule has 1 aromatic carbocycles. The predicted molar refractivity (Wildman–Crippen MR) is 92.7 cm³/mol. The maximum absolute atomic E-state index is 10.9. The number of amidine groups is 1. The minimum atomic E-state index is -4.08. The van der Waals surface area contributed by atoms with Gasteiger partial charge in [-0.2, -0.15) is 13.4 Å². The highest BCUT2D eigenvalue weighted by atomic mass is 32.2. The van der Waals surface area contributed by atoms with Gasteiger partial charge in [0.15, 0.2) is 0 Å². The van der Waals surface area contributed by atoms with Crippen molar-refractivity contribution in [2.24, 2.45) is 16.6 Å². The number of benzene rings is 1. The molecule has 0 fully saturated rings. The smallest absolute Gasteiger partial charge is 0.295 e. The van der Waals surface area contributed by atoms with Crippen LogP contribution in [0.4, 0.5) is 0 Å². The van der Waals surface area contributed by atoms with Crippen molar-refractivity contribution in [1.82, 2.24) is 5.01 Å². The lowest BCUT2D eigenvalue weighted by atomic mass is 10.1. The molecule has 8 nitrogen and oxygen atoms in total. The number of nitrogens with two attached hydrogens (primary N) is 2. The highest BCUT2D eigenvalue weighted by molar-refractivity contribution is 7.86. The third-order valence-electron chi connectivity index (χ3n) is 3.35. The van der Waals surface area contributed by atoms with E-state index in [0.717, 1.165) is 5.56 Å². The van der Waals surface area contributed by atoms with E-state index in [0.29, 0.717) is 22.8 Å². The summed E-state index contributed by atoms with van der Waals surface area (Å²) in [5.41, 5.74) is 7.75. The Balaban J connectivity index is 0.000000243. The molecule has 24 heavy (non-hydrogen) atoms. The van der Waals surface area contributed by atoms with Crippen LogP contribution in [0.1, 0.15) is 23.6 Å². The molecule has 0 radical (unpaired) electrons. The zero-order valence-electron chi connectivity index (χ0n) is 14.4. The standard InChI is InChI=1S/C9H12O3S.C6H12N4O/c1-6-4-7(2)9(8(3)5-6)13(10,11)12;1-4-9-6(11-2)3-5(7)10(4)8/h4-5H,1-3H3,(H,10,11,12);3,5H,7-8H2,1-2H3. The van der Waals surface area contributed by atoms with Crippen molar-refractivity contribution in [3.63, 3.8) is 0 Å². The number of hydrogen-bond acceptors (Lipinski definition) is 7. The van der Waals surface area contributed by atoms with E-state index >= 15 is 0 Å². The third kappa shape index (κ3) is 5.03. The number of hydrogen-bond donors (Lipinski definition) is 3. The lowest BCUT2D eigenvalue weighted by molar-refractivity contribution is 0.264. The van der Waals surface area contributed by atoms with Gasteiger partial charge in [0.25, 0.3) is 10.1 Å². The van der Waals surface area contributed by atoms with E-state index in [1.807, 2.05) is 6.92 Å². The van der Waals surface area contributed by atoms with Crippen LogP contribution in [0.5, 0.6) is 0 Å². The van der Waals surface area contributed by atoms with Gasteiger partial charge in [0.1, 0.15) is 12.0 Å². The van der Waals surface area contributed by atoms with E-state index in [2.05, 4.69) is 4.99 Å². The normalized spacial score (nSPS) is 17.5. The summed E-state index contributed by atoms with van der Waals surface area (Å²) in [5.74, 6) is 6.68. The van der Waals surface area contributed by atoms with Crippen molar-refractivity contribution in [3.05, 3.63) is 40.8 Å². The van der Waals surface area contributed by atoms with Crippen LogP contribution < -0.4 is 11.6 Å². The van der Waals surface area contributed by atoms with Crippen LogP contribution in [-0.4, -0.2) is 37.1 Å². The maximum Gasteiger partial charge on any atom is 0.295 e. The van der Waals surface area contributed by atoms with Gasteiger partial charge >= 0.3 is 0 Å². The summed E-state index contributed by atoms with van der Waals surface area (Å²) in [5, 5.41) is 1.38. The van der Waals surface area contributed by atoms with Gasteiger partial charge in [-0.3, -0.25) is 9.56 Å². The van der Waals surface area contributed by atoms with Gasteiger partial charge in [0.2, 0.25) is 5.88 Å². The summed E-state index contributed by atoms with van der Waals surface area (Å²) < 4.78 is 35.7. The van der Waals surface area contributed by atoms with Crippen molar-refractivity contribution in [2.75, 3.05) is 7.11 Å². The van der Waals surface area contributed by atoms with E-state index < -0.39 is 10.1 Å². The molecule has 1 heterocycles. The van der Waals surface area contributed by atoms with Crippen molar-refractivity contribution >= 4 is 16.0 Å². The van der Waals surface area contributed by atoms with Gasteiger partial charge in [-0.15, -0.1) is 0 Å². The topological polar surface area (TPSA) is 131 Å². The monoisotopic (exact) mass is 356 g/mol. The Morgan fingerprint density at radius 2 is 1.71 bits per heavy atom. The van der Waals surface area contributed by atoms with E-state index in [1.54, 1.807) is 46.1 Å². The first-order chi connectivity index (χ1) is 11.0. The zero-order valence-corrected chi connectivity index (χ0v) is 15.3. The quantitative estimate of drug-likeness (QED) is 0.536. The molecule has 0 aromatic heterocycles. The van der Waals surface area contributed by atoms with Crippen molar-refractivity contribution in [2.45, 2.75) is 38.8 Å². The van der Waals surface area contributed by atoms with E-state index in [1.165, 1.54) is 5.01 Å². The predicted octanol–water partition coefficient (Wildman–Crippen LogP) is 1.23. The number of aryl methyl sites for hydroxylation is 3. The average Bonchev–Trinajstić information content (AvgIpc) is 2.42. The van der Waals surface area contributed by atoms with Crippen LogP contribution in [0.25, 0.3) is 0 Å². The summed E-state index contributed by atoms with van der Waals surface area (Å²) in [6.07, 6.45) is 1.30. The molecule has 2 rings (SSSR count). The van der Waals surface area contributed by atoms with Gasteiger partial charge in [-0.05, 0) is 38.8 Å². The summed E-state index contributed by atoms with van der Waals surface area (Å²) in [7, 11) is -2.54. The van der Waals surface area contributed by atoms with Crippen LogP contribution in [0, 0.1) is 20.8 Å². The fourth-order valence-electron chi connectivity index (χ4n) is 2.38. The molecule has 1 atom stereocenters. The average molecular weight is 356 g/mol. The molecule has 1 aromatic rings. The van der Waals surface area contributed by atoms with E-state index in [4.69, 9.17) is 20.9 Å². The second-order valence-corrected chi connectivity index (χ2v) is 6.83. The highest BCUT2D eigenvalue weighted by Crippen LogP contribution is 2.20. The lowest BCUT2D eigenvalue weighted by Crippen LogP contribution is -2.50. The van der Waals surface area contributed by atoms with Crippen LogP contribution in [0.15, 0.2) is 34.0 Å². The molecule has 1 aliphatic heterocycles. The Labute approximate surface area is 142 Å². The van der Waals surface area contributed by atoms with Crippen LogP contribution >= 0.6 is 0 Å². The van der Waals surface area contributed by atoms with Crippen molar-refractivity contribution in [3.8, 4) is 0 Å². The van der Waals surface area contributed by atoms with Crippen LogP contribution in [0.2, 0.25) is 0 Å². The molecule has 0 saturated heterocycles. The van der Waals surface area contributed by atoms with Gasteiger partial charge in [-0.1, -0.05) is 17.7 Å². The molecular formula is C15H24N4O4S. The van der Waals surface area contributed by atoms with Crippen LogP contribution in [-0.2, 0) is 14.9 Å². The Bertz CT molecular complexity index is 749. The summed E-state index contributed by atoms with van der Waals surface area (Å²) in [6.45, 7) is 6.99. The Morgan fingerprint density at radius 1 is 1.21 bits per heavy atom. The van der Waals surface area contributed by atoms with E-state index in [-0.39, 0.29) is 11.1 Å². The van der Waals surface area contributed by atoms with E-state index in [9.17, 15) is 8.42 Å². The Morgan fingerprint density at radius 3 is 2.08 bits per heavy atom. The fourth-order valence-corrected chi connectivity index (χ4v) is 3.32. The van der Waals surface area contributed by atoms with Crippen molar-refractivity contribution in [1.29, 1.82) is 0 Å². The van der Waals surface area contributed by atoms with Gasteiger partial charge < -0.3 is 10.5 Å². The maximum atomic E-state index is 10.9. The highest BCUT2D eigenvalue weighted by Gasteiger charge is 2.16. The Kier molecular flexibility index (Phi) is 6.50. The number of methoxy groups -OCH3 is 1. The number of nitrogens with zero attached hydrogens (tertiary/aromatic N) is 2. The summed E-state index contributed by atoms with van der Waals surface area (Å²) >= 11 is 0. The first kappa shape index (κ1) is 20.1. The molecule has 134 valence electrons.